The Morgan fingerprint density at radius 2 is 1.85 bits per heavy atom. The van der Waals surface area contributed by atoms with Crippen LogP contribution >= 0.6 is 0 Å². The molecule has 0 spiro atoms. The average Bonchev–Trinajstić information content (AvgIpc) is 2.61. The van der Waals surface area contributed by atoms with Gasteiger partial charge in [0.05, 0.1) is 17.9 Å². The van der Waals surface area contributed by atoms with Crippen LogP contribution in [0.2, 0.25) is 0 Å². The van der Waals surface area contributed by atoms with Crippen LogP contribution in [0.15, 0.2) is 53.4 Å². The van der Waals surface area contributed by atoms with Crippen molar-refractivity contribution in [1.29, 1.82) is 0 Å². The number of hydrogen-bond acceptors (Lipinski definition) is 4. The molecule has 0 aliphatic carbocycles. The van der Waals surface area contributed by atoms with Gasteiger partial charge in [0, 0.05) is 13.1 Å². The maximum absolute atomic E-state index is 13.5. The molecular weight excluding hydrogens is 357 g/mol. The lowest BCUT2D eigenvalue weighted by Crippen LogP contribution is -2.33. The predicted molar refractivity (Wildman–Crippen MR) is 96.4 cm³/mol. The summed E-state index contributed by atoms with van der Waals surface area (Å²) in [6, 6.07) is 12.7. The lowest BCUT2D eigenvalue weighted by molar-refractivity contribution is -0.143. The molecule has 0 fully saturated rings. The minimum absolute atomic E-state index is 0.00353. The molecule has 2 rings (SSSR count). The number of carbonyl (C=O) groups excluding carboxylic acids is 1. The SMILES string of the molecule is CCOC(=O)CCN(Cc1ccccc1)S(=O)(=O)c1ccc(F)c(C)c1. The number of nitrogens with zero attached hydrogens (tertiary/aromatic N) is 1. The topological polar surface area (TPSA) is 63.7 Å². The van der Waals surface area contributed by atoms with Gasteiger partial charge in [0.1, 0.15) is 5.82 Å². The second-order valence-corrected chi connectivity index (χ2v) is 7.73. The van der Waals surface area contributed by atoms with E-state index >= 15 is 0 Å². The summed E-state index contributed by atoms with van der Waals surface area (Å²) in [5.74, 6) is -0.930. The molecule has 0 aliphatic rings. The average molecular weight is 379 g/mol. The van der Waals surface area contributed by atoms with Crippen LogP contribution in [-0.2, 0) is 26.1 Å². The van der Waals surface area contributed by atoms with E-state index in [1.54, 1.807) is 6.92 Å². The number of sulfonamides is 1. The zero-order valence-corrected chi connectivity index (χ0v) is 15.6. The molecule has 0 bridgehead atoms. The van der Waals surface area contributed by atoms with Gasteiger partial charge in [-0.05, 0) is 43.2 Å². The van der Waals surface area contributed by atoms with Crippen molar-refractivity contribution in [2.75, 3.05) is 13.2 Å². The zero-order valence-electron chi connectivity index (χ0n) is 14.8. The van der Waals surface area contributed by atoms with E-state index in [1.807, 2.05) is 30.3 Å². The Morgan fingerprint density at radius 3 is 2.46 bits per heavy atom. The van der Waals surface area contributed by atoms with Gasteiger partial charge in [0.2, 0.25) is 10.0 Å². The van der Waals surface area contributed by atoms with Gasteiger partial charge in [-0.2, -0.15) is 4.31 Å². The smallest absolute Gasteiger partial charge is 0.307 e. The third kappa shape index (κ3) is 5.12. The minimum atomic E-state index is -3.89. The molecule has 7 heteroatoms. The maximum atomic E-state index is 13.5. The van der Waals surface area contributed by atoms with E-state index < -0.39 is 21.8 Å². The summed E-state index contributed by atoms with van der Waals surface area (Å²) in [6.45, 7) is 3.53. The van der Waals surface area contributed by atoms with Crippen LogP contribution in [0, 0.1) is 12.7 Å². The molecule has 0 unspecified atom stereocenters. The Labute approximate surface area is 153 Å². The van der Waals surface area contributed by atoms with Gasteiger partial charge < -0.3 is 4.74 Å². The number of ether oxygens (including phenoxy) is 1. The van der Waals surface area contributed by atoms with Gasteiger partial charge >= 0.3 is 5.97 Å². The Kier molecular flexibility index (Phi) is 6.88. The fraction of sp³-hybridized carbons (Fsp3) is 0.316. The number of halogens is 1. The first-order valence-corrected chi connectivity index (χ1v) is 9.74. The van der Waals surface area contributed by atoms with Crippen molar-refractivity contribution in [3.63, 3.8) is 0 Å². The van der Waals surface area contributed by atoms with Crippen molar-refractivity contribution < 1.29 is 22.3 Å². The molecule has 5 nitrogen and oxygen atoms in total. The molecule has 0 saturated heterocycles. The second-order valence-electron chi connectivity index (χ2n) is 5.79. The summed E-state index contributed by atoms with van der Waals surface area (Å²) < 4.78 is 45.6. The number of hydrogen-bond donors (Lipinski definition) is 0. The van der Waals surface area contributed by atoms with Crippen LogP contribution in [-0.4, -0.2) is 31.8 Å². The Hall–Kier alpha value is -2.25. The highest BCUT2D eigenvalue weighted by Crippen LogP contribution is 2.21. The van der Waals surface area contributed by atoms with Gasteiger partial charge in [0.15, 0.2) is 0 Å². The van der Waals surface area contributed by atoms with E-state index in [0.29, 0.717) is 0 Å². The van der Waals surface area contributed by atoms with E-state index in [9.17, 15) is 17.6 Å². The number of esters is 1. The molecule has 0 heterocycles. The van der Waals surface area contributed by atoms with Gasteiger partial charge in [-0.25, -0.2) is 12.8 Å². The van der Waals surface area contributed by atoms with Crippen molar-refractivity contribution in [2.24, 2.45) is 0 Å². The minimum Gasteiger partial charge on any atom is -0.466 e. The Bertz CT molecular complexity index is 853. The molecule has 0 saturated carbocycles. The standard InChI is InChI=1S/C19H22FNO4S/c1-3-25-19(22)11-12-21(14-16-7-5-4-6-8-16)26(23,24)17-9-10-18(20)15(2)13-17/h4-10,13H,3,11-12,14H2,1-2H3. The van der Waals surface area contributed by atoms with Gasteiger partial charge in [0.25, 0.3) is 0 Å². The first kappa shape index (κ1) is 20.1. The van der Waals surface area contributed by atoms with Crippen LogP contribution in [0.4, 0.5) is 4.39 Å². The van der Waals surface area contributed by atoms with Crippen LogP contribution in [0.5, 0.6) is 0 Å². The highest BCUT2D eigenvalue weighted by atomic mass is 32.2. The maximum Gasteiger partial charge on any atom is 0.307 e. The van der Waals surface area contributed by atoms with Crippen molar-refractivity contribution in [1.82, 2.24) is 4.31 Å². The molecule has 0 atom stereocenters. The monoisotopic (exact) mass is 379 g/mol. The fourth-order valence-corrected chi connectivity index (χ4v) is 3.96. The third-order valence-electron chi connectivity index (χ3n) is 3.84. The van der Waals surface area contributed by atoms with Crippen molar-refractivity contribution in [3.8, 4) is 0 Å². The molecule has 0 amide bonds. The van der Waals surface area contributed by atoms with E-state index in [4.69, 9.17) is 4.74 Å². The van der Waals surface area contributed by atoms with E-state index in [0.717, 1.165) is 11.6 Å². The summed E-state index contributed by atoms with van der Waals surface area (Å²) in [7, 11) is -3.89. The Balaban J connectivity index is 2.30. The first-order valence-electron chi connectivity index (χ1n) is 8.30. The summed E-state index contributed by atoms with van der Waals surface area (Å²) >= 11 is 0. The van der Waals surface area contributed by atoms with E-state index in [-0.39, 0.29) is 36.6 Å². The molecule has 0 aromatic heterocycles. The van der Waals surface area contributed by atoms with Gasteiger partial charge in [-0.15, -0.1) is 0 Å². The molecule has 0 N–H and O–H groups in total. The summed E-state index contributed by atoms with van der Waals surface area (Å²) in [4.78, 5) is 11.7. The van der Waals surface area contributed by atoms with Crippen LogP contribution in [0.1, 0.15) is 24.5 Å². The van der Waals surface area contributed by atoms with Crippen molar-refractivity contribution in [2.45, 2.75) is 31.7 Å². The number of carbonyl (C=O) groups is 1. The molecular formula is C19H22FNO4S. The molecule has 26 heavy (non-hydrogen) atoms. The quantitative estimate of drug-likeness (QED) is 0.661. The summed E-state index contributed by atoms with van der Waals surface area (Å²) in [5, 5.41) is 0. The van der Waals surface area contributed by atoms with Crippen LogP contribution in [0.25, 0.3) is 0 Å². The Morgan fingerprint density at radius 1 is 1.15 bits per heavy atom. The lowest BCUT2D eigenvalue weighted by atomic mass is 10.2. The zero-order chi connectivity index (χ0) is 19.2. The fourth-order valence-electron chi connectivity index (χ4n) is 2.45. The highest BCUT2D eigenvalue weighted by molar-refractivity contribution is 7.89. The molecule has 0 aliphatic heterocycles. The van der Waals surface area contributed by atoms with Gasteiger partial charge in [-0.1, -0.05) is 30.3 Å². The van der Waals surface area contributed by atoms with Crippen LogP contribution in [0.3, 0.4) is 0 Å². The normalized spacial score (nSPS) is 11.5. The largest absolute Gasteiger partial charge is 0.466 e. The molecule has 140 valence electrons. The first-order chi connectivity index (χ1) is 12.3. The lowest BCUT2D eigenvalue weighted by Gasteiger charge is -2.22. The van der Waals surface area contributed by atoms with Crippen LogP contribution < -0.4 is 0 Å². The second kappa shape index (κ2) is 8.91. The van der Waals surface area contributed by atoms with Crippen molar-refractivity contribution >= 4 is 16.0 Å². The summed E-state index contributed by atoms with van der Waals surface area (Å²) in [5.41, 5.74) is 1.04. The summed E-state index contributed by atoms with van der Waals surface area (Å²) in [6.07, 6.45) is -0.0555. The highest BCUT2D eigenvalue weighted by Gasteiger charge is 2.26. The molecule has 0 radical (unpaired) electrons. The molecule has 2 aromatic carbocycles. The third-order valence-corrected chi connectivity index (χ3v) is 5.68. The van der Waals surface area contributed by atoms with E-state index in [2.05, 4.69) is 0 Å². The predicted octanol–water partition coefficient (Wildman–Crippen LogP) is 3.28. The number of rotatable bonds is 8. The van der Waals surface area contributed by atoms with E-state index in [1.165, 1.54) is 23.4 Å². The molecule has 2 aromatic rings. The van der Waals surface area contributed by atoms with Gasteiger partial charge in [-0.3, -0.25) is 4.79 Å². The number of aryl methyl sites for hydroxylation is 1. The number of benzene rings is 2. The van der Waals surface area contributed by atoms with Crippen molar-refractivity contribution in [3.05, 3.63) is 65.5 Å².